The minimum atomic E-state index is -0.439. The third kappa shape index (κ3) is 5.83. The van der Waals surface area contributed by atoms with Crippen molar-refractivity contribution >= 4 is 16.9 Å². The van der Waals surface area contributed by atoms with Gasteiger partial charge in [-0.1, -0.05) is 31.2 Å². The van der Waals surface area contributed by atoms with Crippen molar-refractivity contribution in [2.24, 2.45) is 0 Å². The topological polar surface area (TPSA) is 70.5 Å². The number of aryl methyl sites for hydroxylation is 1. The van der Waals surface area contributed by atoms with Crippen LogP contribution in [-0.2, 0) is 6.42 Å². The van der Waals surface area contributed by atoms with E-state index in [-0.39, 0.29) is 17.1 Å². The average Bonchev–Trinajstić information content (AvgIpc) is 2.77. The maximum Gasteiger partial charge on any atom is 0.318 e. The van der Waals surface area contributed by atoms with Crippen LogP contribution in [0.5, 0.6) is 0 Å². The Morgan fingerprint density at radius 2 is 1.71 bits per heavy atom. The van der Waals surface area contributed by atoms with E-state index >= 15 is 0 Å². The fourth-order valence-electron chi connectivity index (χ4n) is 3.87. The van der Waals surface area contributed by atoms with Crippen molar-refractivity contribution in [3.63, 3.8) is 0 Å². The first kappa shape index (κ1) is 25.4. The number of nitrogens with one attached hydrogen (secondary N) is 1. The zero-order valence-corrected chi connectivity index (χ0v) is 21.4. The van der Waals surface area contributed by atoms with Crippen LogP contribution in [0.1, 0.15) is 52.0 Å². The summed E-state index contributed by atoms with van der Waals surface area (Å²) in [5, 5.41) is 3.63. The predicted molar refractivity (Wildman–Crippen MR) is 139 cm³/mol. The molecule has 1 atom stereocenters. The Morgan fingerprint density at radius 3 is 2.29 bits per heavy atom. The van der Waals surface area contributed by atoms with E-state index in [1.807, 2.05) is 89.2 Å². The highest BCUT2D eigenvalue weighted by atomic mass is 16.2. The lowest BCUT2D eigenvalue weighted by molar-refractivity contribution is 0.160. The molecular weight excluding hydrogens is 426 g/mol. The van der Waals surface area contributed by atoms with E-state index in [4.69, 9.17) is 4.98 Å². The summed E-state index contributed by atoms with van der Waals surface area (Å²) in [4.78, 5) is 35.7. The number of fused-ring (bicyclic) bond motifs is 1. The van der Waals surface area contributed by atoms with Gasteiger partial charge in [0.1, 0.15) is 5.82 Å². The van der Waals surface area contributed by atoms with Crippen LogP contribution < -0.4 is 10.9 Å². The first-order chi connectivity index (χ1) is 16.0. The largest absolute Gasteiger partial charge is 0.333 e. The molecule has 0 saturated carbocycles. The van der Waals surface area contributed by atoms with Crippen LogP contribution in [0.3, 0.4) is 0 Å². The number of urea groups is 1. The second-order valence-electron chi connectivity index (χ2n) is 10.0. The molecule has 0 radical (unpaired) electrons. The van der Waals surface area contributed by atoms with Gasteiger partial charge in [-0.05, 0) is 78.0 Å². The molecule has 7 heteroatoms. The van der Waals surface area contributed by atoms with Gasteiger partial charge in [-0.15, -0.1) is 0 Å². The minimum absolute atomic E-state index is 0.138. The number of carbonyl (C=O) groups is 1. The van der Waals surface area contributed by atoms with Crippen molar-refractivity contribution in [3.8, 4) is 5.69 Å². The molecule has 0 aliphatic carbocycles. The molecule has 0 aliphatic rings. The monoisotopic (exact) mass is 463 g/mol. The maximum absolute atomic E-state index is 13.7. The van der Waals surface area contributed by atoms with Gasteiger partial charge >= 0.3 is 6.03 Å². The van der Waals surface area contributed by atoms with Crippen LogP contribution in [0.15, 0.2) is 53.3 Å². The lowest BCUT2D eigenvalue weighted by Crippen LogP contribution is -2.51. The highest BCUT2D eigenvalue weighted by Gasteiger charge is 2.28. The van der Waals surface area contributed by atoms with Gasteiger partial charge in [-0.3, -0.25) is 9.36 Å². The van der Waals surface area contributed by atoms with E-state index in [1.54, 1.807) is 15.5 Å². The molecule has 2 aromatic carbocycles. The second kappa shape index (κ2) is 10.4. The zero-order chi connectivity index (χ0) is 25.0. The van der Waals surface area contributed by atoms with Crippen molar-refractivity contribution in [1.29, 1.82) is 0 Å². The maximum atomic E-state index is 13.7. The molecule has 182 valence electrons. The van der Waals surface area contributed by atoms with Gasteiger partial charge in [0, 0.05) is 18.6 Å². The molecular formula is C27H37N5O2. The molecule has 3 rings (SSSR count). The van der Waals surface area contributed by atoms with E-state index < -0.39 is 6.04 Å². The highest BCUT2D eigenvalue weighted by molar-refractivity contribution is 5.78. The molecule has 2 amide bonds. The standard InChI is InChI=1S/C27H37N5O2/c1-8-20-13-15-21(16-14-20)32-24(28-23-12-10-9-11-22(23)25(32)33)19(2)31(18-17-30(6)7)26(34)29-27(3,4)5/h9-16,19H,8,17-18H2,1-7H3,(H,29,34). The Hall–Kier alpha value is -3.19. The van der Waals surface area contributed by atoms with Crippen molar-refractivity contribution in [3.05, 3.63) is 70.3 Å². The number of nitrogens with zero attached hydrogens (tertiary/aromatic N) is 4. The fourth-order valence-corrected chi connectivity index (χ4v) is 3.87. The molecule has 0 spiro atoms. The minimum Gasteiger partial charge on any atom is -0.333 e. The van der Waals surface area contributed by atoms with Crippen molar-refractivity contribution in [2.75, 3.05) is 27.2 Å². The number of amides is 2. The molecule has 0 fully saturated rings. The van der Waals surface area contributed by atoms with Crippen LogP contribution >= 0.6 is 0 Å². The second-order valence-corrected chi connectivity index (χ2v) is 10.0. The number of hydrogen-bond donors (Lipinski definition) is 1. The average molecular weight is 464 g/mol. The van der Waals surface area contributed by atoms with Gasteiger partial charge in [-0.25, -0.2) is 9.78 Å². The molecule has 34 heavy (non-hydrogen) atoms. The molecule has 1 heterocycles. The Labute approximate surface area is 202 Å². The van der Waals surface area contributed by atoms with Crippen LogP contribution in [0.25, 0.3) is 16.6 Å². The summed E-state index contributed by atoms with van der Waals surface area (Å²) in [5.74, 6) is 0.538. The number of aromatic nitrogens is 2. The Bertz CT molecular complexity index is 1190. The SMILES string of the molecule is CCc1ccc(-n2c(C(C)N(CCN(C)C)C(=O)NC(C)(C)C)nc3ccccc3c2=O)cc1. The zero-order valence-electron chi connectivity index (χ0n) is 21.4. The molecule has 0 bridgehead atoms. The van der Waals surface area contributed by atoms with Crippen LogP contribution in [0, 0.1) is 0 Å². The lowest BCUT2D eigenvalue weighted by Gasteiger charge is -2.34. The van der Waals surface area contributed by atoms with Gasteiger partial charge in [0.2, 0.25) is 0 Å². The number of rotatable bonds is 7. The van der Waals surface area contributed by atoms with E-state index in [1.165, 1.54) is 5.56 Å². The number of hydrogen-bond acceptors (Lipinski definition) is 4. The smallest absolute Gasteiger partial charge is 0.318 e. The summed E-state index contributed by atoms with van der Waals surface area (Å²) < 4.78 is 1.65. The highest BCUT2D eigenvalue weighted by Crippen LogP contribution is 2.23. The van der Waals surface area contributed by atoms with Gasteiger partial charge in [0.25, 0.3) is 5.56 Å². The fraction of sp³-hybridized carbons (Fsp3) is 0.444. The first-order valence-corrected chi connectivity index (χ1v) is 11.9. The Morgan fingerprint density at radius 1 is 1.06 bits per heavy atom. The van der Waals surface area contributed by atoms with E-state index in [9.17, 15) is 9.59 Å². The van der Waals surface area contributed by atoms with Crippen molar-refractivity contribution in [2.45, 2.75) is 52.6 Å². The summed E-state index contributed by atoms with van der Waals surface area (Å²) in [6.45, 7) is 11.1. The van der Waals surface area contributed by atoms with Crippen molar-refractivity contribution in [1.82, 2.24) is 24.7 Å². The van der Waals surface area contributed by atoms with Gasteiger partial charge in [0.15, 0.2) is 0 Å². The third-order valence-corrected chi connectivity index (χ3v) is 5.78. The predicted octanol–water partition coefficient (Wildman–Crippen LogP) is 4.38. The summed E-state index contributed by atoms with van der Waals surface area (Å²) in [7, 11) is 3.95. The molecule has 1 unspecified atom stereocenters. The molecule has 0 saturated heterocycles. The quantitative estimate of drug-likeness (QED) is 0.565. The normalized spacial score (nSPS) is 12.7. The third-order valence-electron chi connectivity index (χ3n) is 5.78. The molecule has 7 nitrogen and oxygen atoms in total. The van der Waals surface area contributed by atoms with Gasteiger partial charge in [0.05, 0.1) is 22.6 Å². The Balaban J connectivity index is 2.19. The summed E-state index contributed by atoms with van der Waals surface area (Å²) >= 11 is 0. The lowest BCUT2D eigenvalue weighted by atomic mass is 10.1. The number of benzene rings is 2. The Kier molecular flexibility index (Phi) is 7.77. The van der Waals surface area contributed by atoms with E-state index in [0.717, 1.165) is 12.1 Å². The summed E-state index contributed by atoms with van der Waals surface area (Å²) in [5.41, 5.74) is 2.03. The first-order valence-electron chi connectivity index (χ1n) is 11.9. The molecule has 1 N–H and O–H groups in total. The van der Waals surface area contributed by atoms with Crippen LogP contribution in [-0.4, -0.2) is 58.1 Å². The number of carbonyl (C=O) groups excluding carboxylic acids is 1. The van der Waals surface area contributed by atoms with Gasteiger partial charge < -0.3 is 15.1 Å². The number of likely N-dealkylation sites (N-methyl/N-ethyl adjacent to an activating group) is 1. The van der Waals surface area contributed by atoms with Crippen LogP contribution in [0.2, 0.25) is 0 Å². The van der Waals surface area contributed by atoms with Gasteiger partial charge in [-0.2, -0.15) is 0 Å². The van der Waals surface area contributed by atoms with Crippen LogP contribution in [0.4, 0.5) is 4.79 Å². The summed E-state index contributed by atoms with van der Waals surface area (Å²) in [6, 6.07) is 14.7. The van der Waals surface area contributed by atoms with E-state index in [0.29, 0.717) is 29.8 Å². The molecule has 3 aromatic rings. The van der Waals surface area contributed by atoms with E-state index in [2.05, 4.69) is 12.2 Å². The molecule has 0 aliphatic heterocycles. The summed E-state index contributed by atoms with van der Waals surface area (Å²) in [6.07, 6.45) is 0.916. The molecule has 1 aromatic heterocycles. The number of para-hydroxylation sites is 1. The van der Waals surface area contributed by atoms with Crippen molar-refractivity contribution < 1.29 is 4.79 Å².